The summed E-state index contributed by atoms with van der Waals surface area (Å²) in [6, 6.07) is 2.94. The van der Waals surface area contributed by atoms with E-state index in [2.05, 4.69) is 5.32 Å². The highest BCUT2D eigenvalue weighted by atomic mass is 19.1. The summed E-state index contributed by atoms with van der Waals surface area (Å²) in [5, 5.41) is 21.5. The van der Waals surface area contributed by atoms with Crippen molar-refractivity contribution in [2.75, 3.05) is 19.6 Å². The van der Waals surface area contributed by atoms with Crippen LogP contribution in [0.4, 0.5) is 14.9 Å². The highest BCUT2D eigenvalue weighted by molar-refractivity contribution is 5.84. The van der Waals surface area contributed by atoms with Gasteiger partial charge < -0.3 is 10.2 Å². The van der Waals surface area contributed by atoms with Gasteiger partial charge in [0.2, 0.25) is 0 Å². The van der Waals surface area contributed by atoms with E-state index in [-0.39, 0.29) is 19.6 Å². The summed E-state index contributed by atoms with van der Waals surface area (Å²) >= 11 is 0. The van der Waals surface area contributed by atoms with E-state index in [1.807, 2.05) is 0 Å². The van der Waals surface area contributed by atoms with E-state index >= 15 is 0 Å². The Kier molecular flexibility index (Phi) is 3.74. The van der Waals surface area contributed by atoms with E-state index in [9.17, 15) is 19.1 Å². The molecule has 1 saturated heterocycles. The third kappa shape index (κ3) is 2.37. The normalized spacial score (nSPS) is 26.2. The molecule has 2 rings (SSSR count). The third-order valence-electron chi connectivity index (χ3n) is 3.66. The van der Waals surface area contributed by atoms with Gasteiger partial charge in [-0.2, -0.15) is 9.28 Å². The van der Waals surface area contributed by atoms with Crippen molar-refractivity contribution >= 4 is 17.7 Å². The molecule has 0 spiro atoms. The van der Waals surface area contributed by atoms with Gasteiger partial charge in [0.05, 0.1) is 0 Å². The minimum absolute atomic E-state index is 0.114. The van der Waals surface area contributed by atoms with Crippen molar-refractivity contribution in [2.45, 2.75) is 13.0 Å². The second-order valence-electron chi connectivity index (χ2n) is 4.93. The van der Waals surface area contributed by atoms with Crippen LogP contribution in [0.15, 0.2) is 18.2 Å². The standard InChI is InChI=1S/C13H15FN2O4/c1-8-6-9(14)2-3-11(8)16(13(19)20)5-4-15-10(7-16)12(17)18/h2-3,6,10,15H,4-5,7H2,1H3,(H-,17,18,19,20)/p+1. The van der Waals surface area contributed by atoms with Crippen LogP contribution in [0.2, 0.25) is 0 Å². The summed E-state index contributed by atoms with van der Waals surface area (Å²) in [5.74, 6) is -1.53. The van der Waals surface area contributed by atoms with Crippen molar-refractivity contribution in [3.05, 3.63) is 29.6 Å². The molecule has 2 atom stereocenters. The number of quaternary nitrogens is 1. The van der Waals surface area contributed by atoms with Crippen LogP contribution >= 0.6 is 0 Å². The molecule has 0 saturated carbocycles. The molecule has 108 valence electrons. The van der Waals surface area contributed by atoms with Crippen molar-refractivity contribution in [2.24, 2.45) is 0 Å². The van der Waals surface area contributed by atoms with Crippen LogP contribution in [0.3, 0.4) is 0 Å². The fourth-order valence-corrected chi connectivity index (χ4v) is 2.66. The molecule has 1 aliphatic rings. The maximum atomic E-state index is 13.2. The lowest BCUT2D eigenvalue weighted by Gasteiger charge is -2.38. The number of aliphatic carboxylic acids is 1. The average Bonchev–Trinajstić information content (AvgIpc) is 2.38. The number of piperazine rings is 1. The number of hydrogen-bond acceptors (Lipinski definition) is 3. The number of hydrogen-bond donors (Lipinski definition) is 3. The van der Waals surface area contributed by atoms with Gasteiger partial charge in [-0.15, -0.1) is 0 Å². The van der Waals surface area contributed by atoms with Crippen LogP contribution < -0.4 is 9.80 Å². The molecule has 0 bridgehead atoms. The lowest BCUT2D eigenvalue weighted by Crippen LogP contribution is -2.68. The van der Waals surface area contributed by atoms with Gasteiger partial charge in [-0.05, 0) is 19.1 Å². The summed E-state index contributed by atoms with van der Waals surface area (Å²) in [6.45, 7) is 1.99. The average molecular weight is 283 g/mol. The molecular weight excluding hydrogens is 267 g/mol. The third-order valence-corrected chi connectivity index (χ3v) is 3.66. The summed E-state index contributed by atoms with van der Waals surface area (Å²) in [4.78, 5) is 22.8. The van der Waals surface area contributed by atoms with Crippen LogP contribution in [0.5, 0.6) is 0 Å². The fraction of sp³-hybridized carbons (Fsp3) is 0.385. The fourth-order valence-electron chi connectivity index (χ4n) is 2.66. The summed E-state index contributed by atoms with van der Waals surface area (Å²) in [6.07, 6.45) is -1.13. The van der Waals surface area contributed by atoms with Gasteiger partial charge in [0.25, 0.3) is 0 Å². The maximum absolute atomic E-state index is 13.2. The van der Waals surface area contributed by atoms with Crippen LogP contribution in [-0.4, -0.2) is 48.0 Å². The summed E-state index contributed by atoms with van der Waals surface area (Å²) in [7, 11) is 0. The number of aryl methyl sites for hydroxylation is 1. The Morgan fingerprint density at radius 2 is 2.10 bits per heavy atom. The zero-order valence-corrected chi connectivity index (χ0v) is 11.0. The first-order valence-electron chi connectivity index (χ1n) is 6.20. The van der Waals surface area contributed by atoms with Gasteiger partial charge in [-0.25, -0.2) is 4.39 Å². The van der Waals surface area contributed by atoms with E-state index in [0.717, 1.165) is 0 Å². The van der Waals surface area contributed by atoms with Crippen molar-refractivity contribution < 1.29 is 24.2 Å². The highest BCUT2D eigenvalue weighted by Gasteiger charge is 2.47. The summed E-state index contributed by atoms with van der Waals surface area (Å²) in [5.41, 5.74) is 0.921. The van der Waals surface area contributed by atoms with E-state index in [1.54, 1.807) is 6.92 Å². The molecule has 1 aromatic rings. The first kappa shape index (κ1) is 14.4. The molecule has 2 unspecified atom stereocenters. The van der Waals surface area contributed by atoms with Crippen LogP contribution in [0.1, 0.15) is 5.56 Å². The molecule has 1 heterocycles. The molecule has 3 N–H and O–H groups in total. The van der Waals surface area contributed by atoms with Gasteiger partial charge in [0.1, 0.15) is 24.6 Å². The van der Waals surface area contributed by atoms with Crippen LogP contribution in [-0.2, 0) is 4.79 Å². The smallest absolute Gasteiger partial charge is 0.480 e. The van der Waals surface area contributed by atoms with E-state index in [0.29, 0.717) is 11.3 Å². The highest BCUT2D eigenvalue weighted by Crippen LogP contribution is 2.30. The molecule has 0 aliphatic carbocycles. The van der Waals surface area contributed by atoms with E-state index < -0.39 is 28.4 Å². The molecular formula is C13H16FN2O4+. The Hall–Kier alpha value is -1.99. The largest absolute Gasteiger partial charge is 0.518 e. The van der Waals surface area contributed by atoms with Crippen LogP contribution in [0.25, 0.3) is 0 Å². The predicted molar refractivity (Wildman–Crippen MR) is 70.1 cm³/mol. The minimum Gasteiger partial charge on any atom is -0.480 e. The lowest BCUT2D eigenvalue weighted by molar-refractivity contribution is -0.140. The number of nitrogens with zero attached hydrogens (tertiary/aromatic N) is 1. The Balaban J connectivity index is 2.49. The second kappa shape index (κ2) is 5.18. The topological polar surface area (TPSA) is 86.6 Å². The number of carboxylic acids is 1. The van der Waals surface area contributed by atoms with Gasteiger partial charge in [-0.1, -0.05) is 0 Å². The SMILES string of the molecule is Cc1cc(F)ccc1[N+]1(C(=O)O)CCNC(C(=O)O)C1. The number of carbonyl (C=O) groups is 2. The van der Waals surface area contributed by atoms with Crippen LogP contribution in [0, 0.1) is 12.7 Å². The number of nitrogens with one attached hydrogen (secondary N) is 1. The van der Waals surface area contributed by atoms with E-state index in [4.69, 9.17) is 5.11 Å². The van der Waals surface area contributed by atoms with Crippen molar-refractivity contribution in [1.29, 1.82) is 0 Å². The van der Waals surface area contributed by atoms with E-state index in [1.165, 1.54) is 18.2 Å². The monoisotopic (exact) mass is 283 g/mol. The molecule has 6 nitrogen and oxygen atoms in total. The van der Waals surface area contributed by atoms with Crippen molar-refractivity contribution in [3.63, 3.8) is 0 Å². The predicted octanol–water partition coefficient (Wildman–Crippen LogP) is 1.18. The Morgan fingerprint density at radius 1 is 1.40 bits per heavy atom. The summed E-state index contributed by atoms with van der Waals surface area (Å²) < 4.78 is 12.7. The van der Waals surface area contributed by atoms with Gasteiger partial charge in [0, 0.05) is 18.2 Å². The zero-order valence-electron chi connectivity index (χ0n) is 11.0. The number of benzene rings is 1. The first-order valence-corrected chi connectivity index (χ1v) is 6.20. The molecule has 7 heteroatoms. The second-order valence-corrected chi connectivity index (χ2v) is 4.93. The molecule has 20 heavy (non-hydrogen) atoms. The maximum Gasteiger partial charge on any atom is 0.518 e. The number of halogens is 1. The van der Waals surface area contributed by atoms with Crippen molar-refractivity contribution in [1.82, 2.24) is 9.80 Å². The molecule has 0 aromatic heterocycles. The lowest BCUT2D eigenvalue weighted by atomic mass is 10.1. The number of carboxylic acid groups (broad SMARTS) is 2. The molecule has 1 amide bonds. The minimum atomic E-state index is -1.13. The zero-order chi connectivity index (χ0) is 14.9. The van der Waals surface area contributed by atoms with Gasteiger partial charge in [-0.3, -0.25) is 10.1 Å². The quantitative estimate of drug-likeness (QED) is 0.709. The Bertz CT molecular complexity index is 563. The molecule has 1 fully saturated rings. The molecule has 0 radical (unpaired) electrons. The molecule has 1 aromatic carbocycles. The Labute approximate surface area is 115 Å². The molecule has 1 aliphatic heterocycles. The number of rotatable bonds is 2. The van der Waals surface area contributed by atoms with Crippen molar-refractivity contribution in [3.8, 4) is 0 Å². The first-order chi connectivity index (χ1) is 9.36. The Morgan fingerprint density at radius 3 is 2.65 bits per heavy atom. The number of amides is 1. The van der Waals surface area contributed by atoms with Gasteiger partial charge in [0.15, 0.2) is 6.04 Å². The van der Waals surface area contributed by atoms with Gasteiger partial charge >= 0.3 is 12.1 Å².